The topological polar surface area (TPSA) is 67.8 Å². The zero-order chi connectivity index (χ0) is 19.8. The molecule has 7 nitrogen and oxygen atoms in total. The first kappa shape index (κ1) is 18.2. The molecule has 7 heteroatoms. The van der Waals surface area contributed by atoms with Gasteiger partial charge in [-0.3, -0.25) is 4.79 Å². The second-order valence-electron chi connectivity index (χ2n) is 8.00. The number of nitrogens with zero attached hydrogens (tertiary/aromatic N) is 4. The van der Waals surface area contributed by atoms with Gasteiger partial charge in [0, 0.05) is 26.2 Å². The molecule has 2 atom stereocenters. The minimum absolute atomic E-state index is 0.0109. The van der Waals surface area contributed by atoms with E-state index in [2.05, 4.69) is 21.2 Å². The number of ether oxygens (including phenoxy) is 2. The lowest BCUT2D eigenvalue weighted by Crippen LogP contribution is -2.56. The minimum Gasteiger partial charge on any atom is -0.482 e. The maximum absolute atomic E-state index is 13.1. The zero-order valence-corrected chi connectivity index (χ0v) is 16.7. The Hall–Kier alpha value is -2.83. The molecule has 1 aliphatic carbocycles. The van der Waals surface area contributed by atoms with Crippen LogP contribution < -0.4 is 14.4 Å². The fourth-order valence-corrected chi connectivity index (χ4v) is 4.36. The fourth-order valence-electron chi connectivity index (χ4n) is 4.36. The summed E-state index contributed by atoms with van der Waals surface area (Å²) in [5, 5.41) is 8.88. The van der Waals surface area contributed by atoms with Gasteiger partial charge in [-0.1, -0.05) is 12.1 Å². The highest BCUT2D eigenvalue weighted by molar-refractivity contribution is 5.82. The molecule has 0 spiro atoms. The second-order valence-corrected chi connectivity index (χ2v) is 8.00. The molecule has 3 heterocycles. The number of amides is 1. The number of aromatic nitrogens is 2. The Kier molecular flexibility index (Phi) is 4.73. The van der Waals surface area contributed by atoms with E-state index in [1.165, 1.54) is 18.4 Å². The Labute approximate surface area is 170 Å². The van der Waals surface area contributed by atoms with E-state index in [1.807, 2.05) is 36.1 Å². The van der Waals surface area contributed by atoms with Crippen LogP contribution in [0.1, 0.15) is 31.0 Å². The highest BCUT2D eigenvalue weighted by atomic mass is 16.6. The number of hydrogen-bond acceptors (Lipinski definition) is 6. The number of rotatable bonds is 2. The first-order chi connectivity index (χ1) is 14.2. The number of hydrogen-bond donors (Lipinski definition) is 0. The summed E-state index contributed by atoms with van der Waals surface area (Å²) in [5.74, 6) is 2.24. The van der Waals surface area contributed by atoms with Crippen LogP contribution >= 0.6 is 0 Å². The van der Waals surface area contributed by atoms with Crippen LogP contribution in [0.25, 0.3) is 0 Å². The molecule has 1 saturated heterocycles. The van der Waals surface area contributed by atoms with Crippen molar-refractivity contribution in [1.29, 1.82) is 0 Å². The predicted octanol–water partition coefficient (Wildman–Crippen LogP) is 2.23. The van der Waals surface area contributed by atoms with Gasteiger partial charge in [0.1, 0.15) is 6.10 Å². The average Bonchev–Trinajstić information content (AvgIpc) is 2.78. The standard InChI is InChI=1S/C22H26N4O3/c1-15-21(29-19-9-5-4-8-18(19)28-15)22(27)26-12-10-25(11-13-26)20-14-16-6-2-3-7-17(16)23-24-20/h4-5,8-9,14-15,21H,2-3,6-7,10-13H2,1H3. The lowest BCUT2D eigenvalue weighted by Gasteiger charge is -2.39. The Balaban J connectivity index is 1.23. The van der Waals surface area contributed by atoms with Crippen LogP contribution in [-0.2, 0) is 17.6 Å². The SMILES string of the molecule is CC1Oc2ccccc2OC1C(=O)N1CCN(c2cc3c(nn2)CCCC3)CC1. The van der Waals surface area contributed by atoms with E-state index >= 15 is 0 Å². The quantitative estimate of drug-likeness (QED) is 0.778. The van der Waals surface area contributed by atoms with Gasteiger partial charge >= 0.3 is 0 Å². The normalized spacial score (nSPS) is 23.5. The highest BCUT2D eigenvalue weighted by Crippen LogP contribution is 2.34. The van der Waals surface area contributed by atoms with Gasteiger partial charge in [0.2, 0.25) is 6.10 Å². The van der Waals surface area contributed by atoms with E-state index in [-0.39, 0.29) is 12.0 Å². The summed E-state index contributed by atoms with van der Waals surface area (Å²) in [4.78, 5) is 17.2. The van der Waals surface area contributed by atoms with E-state index in [1.54, 1.807) is 0 Å². The molecule has 2 unspecified atom stereocenters. The number of fused-ring (bicyclic) bond motifs is 2. The van der Waals surface area contributed by atoms with Crippen molar-refractivity contribution in [1.82, 2.24) is 15.1 Å². The van der Waals surface area contributed by atoms with Crippen molar-refractivity contribution in [3.05, 3.63) is 41.6 Å². The summed E-state index contributed by atoms with van der Waals surface area (Å²) >= 11 is 0. The maximum Gasteiger partial charge on any atom is 0.267 e. The third-order valence-electron chi connectivity index (χ3n) is 6.06. The summed E-state index contributed by atoms with van der Waals surface area (Å²) < 4.78 is 11.9. The van der Waals surface area contributed by atoms with Gasteiger partial charge < -0.3 is 19.3 Å². The van der Waals surface area contributed by atoms with Crippen molar-refractivity contribution >= 4 is 11.7 Å². The molecule has 2 aliphatic heterocycles. The maximum atomic E-state index is 13.1. The minimum atomic E-state index is -0.611. The molecule has 1 aromatic carbocycles. The molecular weight excluding hydrogens is 368 g/mol. The number of aryl methyl sites for hydroxylation is 2. The van der Waals surface area contributed by atoms with Crippen molar-refractivity contribution < 1.29 is 14.3 Å². The van der Waals surface area contributed by atoms with Crippen LogP contribution in [0.5, 0.6) is 11.5 Å². The molecule has 1 amide bonds. The smallest absolute Gasteiger partial charge is 0.267 e. The highest BCUT2D eigenvalue weighted by Gasteiger charge is 2.37. The molecule has 29 heavy (non-hydrogen) atoms. The average molecular weight is 394 g/mol. The van der Waals surface area contributed by atoms with Crippen LogP contribution in [0.15, 0.2) is 30.3 Å². The van der Waals surface area contributed by atoms with Crippen LogP contribution in [-0.4, -0.2) is 59.4 Å². The zero-order valence-electron chi connectivity index (χ0n) is 16.7. The van der Waals surface area contributed by atoms with Crippen LogP contribution in [0.2, 0.25) is 0 Å². The molecule has 0 saturated carbocycles. The summed E-state index contributed by atoms with van der Waals surface area (Å²) in [5.41, 5.74) is 2.48. The number of piperazine rings is 1. The Morgan fingerprint density at radius 3 is 2.52 bits per heavy atom. The molecule has 2 aromatic rings. The number of para-hydroxylation sites is 2. The van der Waals surface area contributed by atoms with Crippen molar-refractivity contribution in [2.24, 2.45) is 0 Å². The number of anilines is 1. The molecule has 1 aromatic heterocycles. The van der Waals surface area contributed by atoms with E-state index < -0.39 is 6.10 Å². The van der Waals surface area contributed by atoms with E-state index in [4.69, 9.17) is 9.47 Å². The van der Waals surface area contributed by atoms with Crippen molar-refractivity contribution in [3.8, 4) is 11.5 Å². The molecule has 0 bridgehead atoms. The summed E-state index contributed by atoms with van der Waals surface area (Å²) in [6.45, 7) is 4.67. The van der Waals surface area contributed by atoms with Crippen molar-refractivity contribution in [2.45, 2.75) is 44.8 Å². The molecule has 0 radical (unpaired) electrons. The second kappa shape index (κ2) is 7.54. The van der Waals surface area contributed by atoms with Crippen LogP contribution in [0, 0.1) is 0 Å². The van der Waals surface area contributed by atoms with Gasteiger partial charge in [-0.15, -0.1) is 5.10 Å². The molecule has 1 fully saturated rings. The van der Waals surface area contributed by atoms with Gasteiger partial charge in [-0.25, -0.2) is 0 Å². The largest absolute Gasteiger partial charge is 0.482 e. The molecule has 152 valence electrons. The molecule has 3 aliphatic rings. The van der Waals surface area contributed by atoms with Gasteiger partial charge in [-0.05, 0) is 56.4 Å². The summed E-state index contributed by atoms with van der Waals surface area (Å²) in [6.07, 6.45) is 3.63. The number of carbonyl (C=O) groups is 1. The molecule has 5 rings (SSSR count). The molecular formula is C22H26N4O3. The van der Waals surface area contributed by atoms with Crippen molar-refractivity contribution in [3.63, 3.8) is 0 Å². The van der Waals surface area contributed by atoms with Crippen molar-refractivity contribution in [2.75, 3.05) is 31.1 Å². The lowest BCUT2D eigenvalue weighted by molar-refractivity contribution is -0.144. The first-order valence-electron chi connectivity index (χ1n) is 10.5. The monoisotopic (exact) mass is 394 g/mol. The van der Waals surface area contributed by atoms with Gasteiger partial charge in [0.25, 0.3) is 5.91 Å². The Morgan fingerprint density at radius 1 is 1.00 bits per heavy atom. The number of carbonyl (C=O) groups excluding carboxylic acids is 1. The van der Waals surface area contributed by atoms with E-state index in [0.29, 0.717) is 24.6 Å². The first-order valence-corrected chi connectivity index (χ1v) is 10.5. The van der Waals surface area contributed by atoms with E-state index in [9.17, 15) is 4.79 Å². The van der Waals surface area contributed by atoms with Crippen LogP contribution in [0.3, 0.4) is 0 Å². The Bertz CT molecular complexity index is 911. The molecule has 0 N–H and O–H groups in total. The third-order valence-corrected chi connectivity index (χ3v) is 6.06. The van der Waals surface area contributed by atoms with Gasteiger partial charge in [0.05, 0.1) is 5.69 Å². The summed E-state index contributed by atoms with van der Waals surface area (Å²) in [7, 11) is 0. The van der Waals surface area contributed by atoms with Gasteiger partial charge in [-0.2, -0.15) is 5.10 Å². The number of benzene rings is 1. The van der Waals surface area contributed by atoms with Gasteiger partial charge in [0.15, 0.2) is 17.3 Å². The predicted molar refractivity (Wildman–Crippen MR) is 108 cm³/mol. The van der Waals surface area contributed by atoms with Crippen LogP contribution in [0.4, 0.5) is 5.82 Å². The fraction of sp³-hybridized carbons (Fsp3) is 0.500. The summed E-state index contributed by atoms with van der Waals surface area (Å²) in [6, 6.07) is 9.69. The Morgan fingerprint density at radius 2 is 1.72 bits per heavy atom. The lowest BCUT2D eigenvalue weighted by atomic mass is 9.97. The van der Waals surface area contributed by atoms with E-state index in [0.717, 1.165) is 37.4 Å². The third kappa shape index (κ3) is 3.50.